The van der Waals surface area contributed by atoms with E-state index < -0.39 is 35.8 Å². The van der Waals surface area contributed by atoms with E-state index in [1.54, 1.807) is 0 Å². The Hall–Kier alpha value is -1.68. The number of fused-ring (bicyclic) bond motifs is 1. The molecule has 3 N–H and O–H groups in total. The molecule has 7 nitrogen and oxygen atoms in total. The topological polar surface area (TPSA) is 129 Å². The van der Waals surface area contributed by atoms with E-state index in [1.165, 1.54) is 0 Å². The zero-order valence-corrected chi connectivity index (χ0v) is 10.7. The van der Waals surface area contributed by atoms with Crippen LogP contribution in [-0.2, 0) is 20.2 Å². The van der Waals surface area contributed by atoms with Crippen molar-refractivity contribution in [3.8, 4) is 5.75 Å². The van der Waals surface area contributed by atoms with E-state index in [1.807, 2.05) is 0 Å². The summed E-state index contributed by atoms with van der Waals surface area (Å²) in [6.45, 7) is 0. The van der Waals surface area contributed by atoms with Crippen LogP contribution in [-0.4, -0.2) is 31.0 Å². The predicted octanol–water partition coefficient (Wildman–Crippen LogP) is 0.839. The van der Waals surface area contributed by atoms with E-state index in [2.05, 4.69) is 6.07 Å². The Morgan fingerprint density at radius 1 is 0.895 bits per heavy atom. The van der Waals surface area contributed by atoms with Gasteiger partial charge in [0, 0.05) is 11.5 Å². The van der Waals surface area contributed by atoms with E-state index in [4.69, 9.17) is 9.11 Å². The molecule has 0 spiro atoms. The molecular weight excluding hydrogens is 296 g/mol. The number of benzene rings is 2. The van der Waals surface area contributed by atoms with Crippen molar-refractivity contribution in [1.82, 2.24) is 0 Å². The van der Waals surface area contributed by atoms with Gasteiger partial charge in [0.1, 0.15) is 5.75 Å². The SMILES string of the molecule is O=S(=O)(O)c1c[c]c2c(O)cc(S(=O)(=O)O)cc2c1. The zero-order valence-electron chi connectivity index (χ0n) is 9.10. The second kappa shape index (κ2) is 4.17. The van der Waals surface area contributed by atoms with Crippen LogP contribution in [0.4, 0.5) is 0 Å². The number of aromatic hydroxyl groups is 1. The van der Waals surface area contributed by atoms with Gasteiger partial charge in [-0.3, -0.25) is 9.11 Å². The molecule has 2 rings (SSSR count). The fourth-order valence-electron chi connectivity index (χ4n) is 1.53. The maximum absolute atomic E-state index is 11.0. The highest BCUT2D eigenvalue weighted by Gasteiger charge is 2.16. The smallest absolute Gasteiger partial charge is 0.294 e. The fraction of sp³-hybridized carbons (Fsp3) is 0. The normalized spacial score (nSPS) is 12.7. The third-order valence-electron chi connectivity index (χ3n) is 2.37. The van der Waals surface area contributed by atoms with Crippen LogP contribution >= 0.6 is 0 Å². The lowest BCUT2D eigenvalue weighted by molar-refractivity contribution is 0.471. The highest BCUT2D eigenvalue weighted by Crippen LogP contribution is 2.29. The Balaban J connectivity index is 2.85. The molecule has 9 heteroatoms. The quantitative estimate of drug-likeness (QED) is 0.701. The molecule has 2 aromatic carbocycles. The minimum atomic E-state index is -4.55. The molecule has 0 amide bonds. The minimum absolute atomic E-state index is 0.0113. The molecule has 0 aliphatic heterocycles. The van der Waals surface area contributed by atoms with Crippen molar-refractivity contribution >= 4 is 31.0 Å². The maximum atomic E-state index is 11.0. The first kappa shape index (κ1) is 13.7. The van der Waals surface area contributed by atoms with Crippen LogP contribution in [0.3, 0.4) is 0 Å². The number of hydrogen-bond donors (Lipinski definition) is 3. The second-order valence-corrected chi connectivity index (χ2v) is 6.54. The average molecular weight is 303 g/mol. The molecule has 0 heterocycles. The molecule has 2 aromatic rings. The van der Waals surface area contributed by atoms with E-state index in [0.717, 1.165) is 24.3 Å². The van der Waals surface area contributed by atoms with Gasteiger partial charge in [-0.05, 0) is 29.7 Å². The minimum Gasteiger partial charge on any atom is -0.507 e. The first-order valence-corrected chi connectivity index (χ1v) is 7.60. The summed E-state index contributed by atoms with van der Waals surface area (Å²) >= 11 is 0. The molecule has 0 bridgehead atoms. The summed E-state index contributed by atoms with van der Waals surface area (Å²) in [5.74, 6) is -0.494. The van der Waals surface area contributed by atoms with Crippen LogP contribution < -0.4 is 0 Å². The van der Waals surface area contributed by atoms with Crippen LogP contribution in [0.15, 0.2) is 34.1 Å². The molecule has 0 unspecified atom stereocenters. The number of hydrogen-bond acceptors (Lipinski definition) is 5. The van der Waals surface area contributed by atoms with Crippen LogP contribution in [0.2, 0.25) is 0 Å². The Bertz CT molecular complexity index is 861. The summed E-state index contributed by atoms with van der Waals surface area (Å²) < 4.78 is 61.6. The van der Waals surface area contributed by atoms with Crippen molar-refractivity contribution in [2.75, 3.05) is 0 Å². The number of phenolic OH excluding ortho intramolecular Hbond substituents is 1. The Morgan fingerprint density at radius 2 is 1.42 bits per heavy atom. The van der Waals surface area contributed by atoms with Gasteiger partial charge in [0.05, 0.1) is 9.79 Å². The zero-order chi connectivity index (χ0) is 14.4. The third-order valence-corrected chi connectivity index (χ3v) is 4.04. The van der Waals surface area contributed by atoms with Crippen molar-refractivity contribution < 1.29 is 31.0 Å². The summed E-state index contributed by atoms with van der Waals surface area (Å²) in [6.07, 6.45) is 0. The standard InChI is InChI=1S/C10H7O7S2/c11-10-5-8(19(15,16)17)4-6-3-7(18(12,13)14)1-2-9(6)10/h1,3-5,11H,(H,12,13,14)(H,15,16,17). The van der Waals surface area contributed by atoms with Crippen molar-refractivity contribution in [3.05, 3.63) is 30.3 Å². The van der Waals surface area contributed by atoms with E-state index in [0.29, 0.717) is 0 Å². The predicted molar refractivity (Wildman–Crippen MR) is 64.1 cm³/mol. The molecule has 0 saturated carbocycles. The van der Waals surface area contributed by atoms with Gasteiger partial charge in [-0.25, -0.2) is 0 Å². The molecule has 0 aliphatic carbocycles. The van der Waals surface area contributed by atoms with Gasteiger partial charge in [-0.15, -0.1) is 0 Å². The van der Waals surface area contributed by atoms with Crippen LogP contribution in [0.1, 0.15) is 0 Å². The molecule has 0 aromatic heterocycles. The summed E-state index contributed by atoms with van der Waals surface area (Å²) in [7, 11) is -9.03. The molecule has 0 atom stereocenters. The van der Waals surface area contributed by atoms with Gasteiger partial charge in [-0.1, -0.05) is 0 Å². The third kappa shape index (κ3) is 2.68. The Labute approximate surface area is 108 Å². The molecule has 0 fully saturated rings. The fourth-order valence-corrected chi connectivity index (χ4v) is 2.55. The average Bonchev–Trinajstić information content (AvgIpc) is 2.25. The highest BCUT2D eigenvalue weighted by atomic mass is 32.2. The van der Waals surface area contributed by atoms with Crippen LogP contribution in [0.5, 0.6) is 5.75 Å². The largest absolute Gasteiger partial charge is 0.507 e. The second-order valence-electron chi connectivity index (χ2n) is 3.69. The van der Waals surface area contributed by atoms with Crippen LogP contribution in [0.25, 0.3) is 10.8 Å². The van der Waals surface area contributed by atoms with E-state index in [-0.39, 0.29) is 10.8 Å². The Morgan fingerprint density at radius 3 is 1.95 bits per heavy atom. The maximum Gasteiger partial charge on any atom is 0.294 e. The Kier molecular flexibility index (Phi) is 3.01. The molecule has 0 saturated heterocycles. The summed E-state index contributed by atoms with van der Waals surface area (Å²) in [5, 5.41) is 9.63. The number of rotatable bonds is 2. The summed E-state index contributed by atoms with van der Waals surface area (Å²) in [6, 6.07) is 6.06. The number of phenols is 1. The lowest BCUT2D eigenvalue weighted by atomic mass is 10.1. The van der Waals surface area contributed by atoms with E-state index >= 15 is 0 Å². The van der Waals surface area contributed by atoms with Crippen LogP contribution in [0, 0.1) is 6.07 Å². The molecule has 101 valence electrons. The molecule has 1 radical (unpaired) electrons. The van der Waals surface area contributed by atoms with Gasteiger partial charge >= 0.3 is 0 Å². The molecule has 19 heavy (non-hydrogen) atoms. The van der Waals surface area contributed by atoms with Crippen molar-refractivity contribution in [3.63, 3.8) is 0 Å². The molecular formula is C10H7O7S2. The van der Waals surface area contributed by atoms with Gasteiger partial charge in [0.25, 0.3) is 20.2 Å². The first-order chi connectivity index (χ1) is 8.59. The van der Waals surface area contributed by atoms with E-state index in [9.17, 15) is 21.9 Å². The molecule has 0 aliphatic rings. The summed E-state index contributed by atoms with van der Waals surface area (Å²) in [4.78, 5) is -1.11. The highest BCUT2D eigenvalue weighted by molar-refractivity contribution is 7.86. The van der Waals surface area contributed by atoms with Crippen molar-refractivity contribution in [1.29, 1.82) is 0 Å². The van der Waals surface area contributed by atoms with Gasteiger partial charge in [-0.2, -0.15) is 16.8 Å². The summed E-state index contributed by atoms with van der Waals surface area (Å²) in [5.41, 5.74) is 0. The monoisotopic (exact) mass is 303 g/mol. The van der Waals surface area contributed by atoms with Gasteiger partial charge in [0.15, 0.2) is 0 Å². The van der Waals surface area contributed by atoms with Gasteiger partial charge in [0.2, 0.25) is 0 Å². The lowest BCUT2D eigenvalue weighted by Gasteiger charge is -2.05. The van der Waals surface area contributed by atoms with Crippen molar-refractivity contribution in [2.24, 2.45) is 0 Å². The van der Waals surface area contributed by atoms with Crippen molar-refractivity contribution in [2.45, 2.75) is 9.79 Å². The van der Waals surface area contributed by atoms with Gasteiger partial charge < -0.3 is 5.11 Å². The first-order valence-electron chi connectivity index (χ1n) is 4.72. The lowest BCUT2D eigenvalue weighted by Crippen LogP contribution is -2.00.